The molecule has 3 heterocycles. The Kier molecular flexibility index (Phi) is 8.04. The second-order valence-electron chi connectivity index (χ2n) is 8.35. The standard InChI is InChI=1S/C25H29ClN8O3/c1-5-32(6-2)12-11-31(3)21-14-23(37-4)19(13-22(21)34(35)36)29-25-27-16-18(26)24(30-25)17-15-28-33-10-8-7-9-20(17)33/h7-10,13-16H,5-6,11-12H2,1-4H3,(H,27,29,30). The lowest BCUT2D eigenvalue weighted by atomic mass is 10.2. The van der Waals surface area contributed by atoms with Gasteiger partial charge >= 0.3 is 0 Å². The van der Waals surface area contributed by atoms with Gasteiger partial charge in [-0.15, -0.1) is 0 Å². The number of aromatic nitrogens is 4. The molecule has 0 spiro atoms. The van der Waals surface area contributed by atoms with Gasteiger partial charge in [-0.3, -0.25) is 10.1 Å². The Morgan fingerprint density at radius 1 is 1.19 bits per heavy atom. The summed E-state index contributed by atoms with van der Waals surface area (Å²) in [6.07, 6.45) is 4.99. The number of ether oxygens (including phenoxy) is 1. The Hall–Kier alpha value is -3.96. The molecule has 0 fully saturated rings. The summed E-state index contributed by atoms with van der Waals surface area (Å²) in [5, 5.41) is 19.8. The Morgan fingerprint density at radius 2 is 1.97 bits per heavy atom. The summed E-state index contributed by atoms with van der Waals surface area (Å²) in [5.41, 5.74) is 2.83. The van der Waals surface area contributed by atoms with Crippen molar-refractivity contribution >= 4 is 40.1 Å². The van der Waals surface area contributed by atoms with Crippen molar-refractivity contribution in [2.45, 2.75) is 13.8 Å². The van der Waals surface area contributed by atoms with Crippen molar-refractivity contribution in [3.63, 3.8) is 0 Å². The van der Waals surface area contributed by atoms with Crippen LogP contribution in [0, 0.1) is 10.1 Å². The van der Waals surface area contributed by atoms with Crippen LogP contribution in [-0.2, 0) is 0 Å². The number of methoxy groups -OCH3 is 1. The molecule has 0 aliphatic carbocycles. The fourth-order valence-corrected chi connectivity index (χ4v) is 4.27. The van der Waals surface area contributed by atoms with Gasteiger partial charge < -0.3 is 19.9 Å². The first kappa shape index (κ1) is 26.1. The van der Waals surface area contributed by atoms with Gasteiger partial charge in [0.2, 0.25) is 5.95 Å². The molecule has 0 radical (unpaired) electrons. The largest absolute Gasteiger partial charge is 0.494 e. The number of nitro groups is 1. The maximum Gasteiger partial charge on any atom is 0.294 e. The summed E-state index contributed by atoms with van der Waals surface area (Å²) in [5.74, 6) is 0.635. The lowest BCUT2D eigenvalue weighted by molar-refractivity contribution is -0.384. The number of nitrogens with one attached hydrogen (secondary N) is 1. The van der Waals surface area contributed by atoms with E-state index in [1.165, 1.54) is 19.4 Å². The van der Waals surface area contributed by atoms with Gasteiger partial charge in [0.15, 0.2) is 0 Å². The van der Waals surface area contributed by atoms with Gasteiger partial charge in [0, 0.05) is 44.0 Å². The molecule has 1 N–H and O–H groups in total. The predicted molar refractivity (Wildman–Crippen MR) is 145 cm³/mol. The molecule has 0 saturated carbocycles. The van der Waals surface area contributed by atoms with Crippen molar-refractivity contribution < 1.29 is 9.66 Å². The van der Waals surface area contributed by atoms with E-state index in [0.717, 1.165) is 30.7 Å². The molecule has 0 aliphatic heterocycles. The minimum Gasteiger partial charge on any atom is -0.494 e. The Balaban J connectivity index is 1.67. The van der Waals surface area contributed by atoms with Crippen molar-refractivity contribution in [1.29, 1.82) is 0 Å². The van der Waals surface area contributed by atoms with E-state index in [-0.39, 0.29) is 11.6 Å². The van der Waals surface area contributed by atoms with Crippen molar-refractivity contribution in [2.75, 3.05) is 50.6 Å². The van der Waals surface area contributed by atoms with Crippen LogP contribution in [0.2, 0.25) is 5.02 Å². The van der Waals surface area contributed by atoms with Gasteiger partial charge in [-0.25, -0.2) is 14.5 Å². The summed E-state index contributed by atoms with van der Waals surface area (Å²) in [4.78, 5) is 24.6. The summed E-state index contributed by atoms with van der Waals surface area (Å²) in [7, 11) is 3.35. The monoisotopic (exact) mass is 524 g/mol. The SMILES string of the molecule is CCN(CC)CCN(C)c1cc(OC)c(Nc2ncc(Cl)c(-c3cnn4ccccc34)n2)cc1[N+](=O)[O-]. The minimum atomic E-state index is -0.402. The highest BCUT2D eigenvalue weighted by Gasteiger charge is 2.23. The molecule has 0 bridgehead atoms. The molecule has 0 atom stereocenters. The maximum absolute atomic E-state index is 12.0. The normalized spacial score (nSPS) is 11.2. The van der Waals surface area contributed by atoms with Crippen LogP contribution in [0.5, 0.6) is 5.75 Å². The summed E-state index contributed by atoms with van der Waals surface area (Å²) in [6, 6.07) is 8.79. The van der Waals surface area contributed by atoms with E-state index in [4.69, 9.17) is 16.3 Å². The third-order valence-corrected chi connectivity index (χ3v) is 6.50. The zero-order chi connectivity index (χ0) is 26.5. The van der Waals surface area contributed by atoms with Gasteiger partial charge in [0.1, 0.15) is 11.4 Å². The highest BCUT2D eigenvalue weighted by molar-refractivity contribution is 6.33. The number of fused-ring (bicyclic) bond motifs is 1. The number of anilines is 3. The number of hydrogen-bond donors (Lipinski definition) is 1. The number of halogens is 1. The quantitative estimate of drug-likeness (QED) is 0.216. The van der Waals surface area contributed by atoms with Crippen molar-refractivity contribution in [3.8, 4) is 17.0 Å². The highest BCUT2D eigenvalue weighted by Crippen LogP contribution is 2.39. The summed E-state index contributed by atoms with van der Waals surface area (Å²) >= 11 is 6.43. The van der Waals surface area contributed by atoms with Gasteiger partial charge in [-0.2, -0.15) is 5.10 Å². The molecular weight excluding hydrogens is 496 g/mol. The van der Waals surface area contributed by atoms with Crippen LogP contribution in [0.4, 0.5) is 23.0 Å². The molecule has 37 heavy (non-hydrogen) atoms. The number of likely N-dealkylation sites (N-methyl/N-ethyl adjacent to an activating group) is 2. The number of hydrogen-bond acceptors (Lipinski definition) is 9. The maximum atomic E-state index is 12.0. The van der Waals surface area contributed by atoms with E-state index >= 15 is 0 Å². The lowest BCUT2D eigenvalue weighted by Gasteiger charge is -2.25. The fourth-order valence-electron chi connectivity index (χ4n) is 4.08. The molecule has 194 valence electrons. The molecule has 0 amide bonds. The fraction of sp³-hybridized carbons (Fsp3) is 0.320. The average molecular weight is 525 g/mol. The zero-order valence-electron chi connectivity index (χ0n) is 21.2. The second-order valence-corrected chi connectivity index (χ2v) is 8.76. The first-order valence-electron chi connectivity index (χ1n) is 11.9. The summed E-state index contributed by atoms with van der Waals surface area (Å²) in [6.45, 7) is 7.42. The minimum absolute atomic E-state index is 0.0536. The predicted octanol–water partition coefficient (Wildman–Crippen LogP) is 4.88. The third kappa shape index (κ3) is 5.57. The van der Waals surface area contributed by atoms with Crippen LogP contribution in [0.25, 0.3) is 16.8 Å². The molecule has 0 unspecified atom stereocenters. The zero-order valence-corrected chi connectivity index (χ0v) is 21.9. The Labute approximate surface area is 219 Å². The molecular formula is C25H29ClN8O3. The van der Waals surface area contributed by atoms with Crippen LogP contribution >= 0.6 is 11.6 Å². The highest BCUT2D eigenvalue weighted by atomic mass is 35.5. The Bertz CT molecular complexity index is 1410. The first-order chi connectivity index (χ1) is 17.9. The Morgan fingerprint density at radius 3 is 2.68 bits per heavy atom. The third-order valence-electron chi connectivity index (χ3n) is 6.22. The average Bonchev–Trinajstić information content (AvgIpc) is 3.34. The van der Waals surface area contributed by atoms with E-state index in [1.54, 1.807) is 16.8 Å². The van der Waals surface area contributed by atoms with Crippen molar-refractivity contribution in [1.82, 2.24) is 24.5 Å². The van der Waals surface area contributed by atoms with Crippen molar-refractivity contribution in [2.24, 2.45) is 0 Å². The molecule has 4 rings (SSSR count). The smallest absolute Gasteiger partial charge is 0.294 e. The molecule has 1 aromatic carbocycles. The molecule has 0 aliphatic rings. The summed E-state index contributed by atoms with van der Waals surface area (Å²) < 4.78 is 7.30. The van der Waals surface area contributed by atoms with Gasteiger partial charge in [0.05, 0.1) is 46.3 Å². The number of rotatable bonds is 11. The van der Waals surface area contributed by atoms with Crippen molar-refractivity contribution in [3.05, 3.63) is 64.1 Å². The molecule has 11 nitrogen and oxygen atoms in total. The number of benzene rings is 1. The van der Waals surface area contributed by atoms with Gasteiger partial charge in [-0.1, -0.05) is 31.5 Å². The van der Waals surface area contributed by atoms with E-state index in [1.807, 2.05) is 36.3 Å². The second kappa shape index (κ2) is 11.4. The number of pyridine rings is 1. The van der Waals surface area contributed by atoms with Crippen LogP contribution in [0.1, 0.15) is 13.8 Å². The van der Waals surface area contributed by atoms with Crippen LogP contribution in [0.15, 0.2) is 48.9 Å². The van der Waals surface area contributed by atoms with Crippen LogP contribution in [-0.4, -0.2) is 69.7 Å². The number of nitrogens with zero attached hydrogens (tertiary/aromatic N) is 7. The van der Waals surface area contributed by atoms with Gasteiger partial charge in [-0.05, 0) is 25.2 Å². The van der Waals surface area contributed by atoms with Gasteiger partial charge in [0.25, 0.3) is 5.69 Å². The van der Waals surface area contributed by atoms with E-state index in [2.05, 4.69) is 39.1 Å². The van der Waals surface area contributed by atoms with E-state index in [9.17, 15) is 10.1 Å². The lowest BCUT2D eigenvalue weighted by Crippen LogP contribution is -2.33. The van der Waals surface area contributed by atoms with E-state index < -0.39 is 4.92 Å². The van der Waals surface area contributed by atoms with Crippen LogP contribution in [0.3, 0.4) is 0 Å². The van der Waals surface area contributed by atoms with E-state index in [0.29, 0.717) is 34.4 Å². The molecule has 12 heteroatoms. The number of nitro benzene ring substituents is 1. The topological polar surface area (TPSA) is 114 Å². The first-order valence-corrected chi connectivity index (χ1v) is 12.3. The molecule has 3 aromatic heterocycles. The van der Waals surface area contributed by atoms with Crippen LogP contribution < -0.4 is 15.0 Å². The molecule has 0 saturated heterocycles. The molecule has 4 aromatic rings.